The molecule has 1 aliphatic heterocycles. The number of rotatable bonds is 6. The summed E-state index contributed by atoms with van der Waals surface area (Å²) in [7, 11) is 0. The molecular formula is C27H24BrN5O2. The number of nitrogens with one attached hydrogen (secondary N) is 2. The maximum Gasteiger partial charge on any atom is 0.255 e. The van der Waals surface area contributed by atoms with Gasteiger partial charge in [0.05, 0.1) is 12.2 Å². The van der Waals surface area contributed by atoms with Crippen molar-refractivity contribution in [3.8, 4) is 17.1 Å². The van der Waals surface area contributed by atoms with E-state index >= 15 is 0 Å². The number of amides is 1. The van der Waals surface area contributed by atoms with Gasteiger partial charge in [0.15, 0.2) is 5.82 Å². The summed E-state index contributed by atoms with van der Waals surface area (Å²) in [6.07, 6.45) is 0. The van der Waals surface area contributed by atoms with Crippen LogP contribution in [0.15, 0.2) is 94.6 Å². The Balaban J connectivity index is 1.56. The first-order valence-electron chi connectivity index (χ1n) is 11.3. The number of ether oxygens (including phenoxy) is 1. The minimum absolute atomic E-state index is 0.196. The molecule has 1 amide bonds. The van der Waals surface area contributed by atoms with Gasteiger partial charge in [0, 0.05) is 21.4 Å². The van der Waals surface area contributed by atoms with E-state index in [9.17, 15) is 4.79 Å². The lowest BCUT2D eigenvalue weighted by molar-refractivity contribution is -0.113. The molecule has 3 aromatic carbocycles. The molecule has 0 saturated heterocycles. The third kappa shape index (κ3) is 4.70. The first-order chi connectivity index (χ1) is 17.0. The SMILES string of the molecule is CCOc1ccc(-c2nc3n(n2)C(c2ccc(Br)cc2)C(C(=O)Nc2ccccc2)=C(C)N3)cc1. The van der Waals surface area contributed by atoms with E-state index in [1.54, 1.807) is 4.68 Å². The molecule has 1 atom stereocenters. The number of hydrogen-bond donors (Lipinski definition) is 2. The van der Waals surface area contributed by atoms with Gasteiger partial charge in [-0.15, -0.1) is 5.10 Å². The van der Waals surface area contributed by atoms with Crippen molar-refractivity contribution in [2.75, 3.05) is 17.2 Å². The lowest BCUT2D eigenvalue weighted by Gasteiger charge is -2.28. The second-order valence-corrected chi connectivity index (χ2v) is 9.01. The minimum atomic E-state index is -0.452. The summed E-state index contributed by atoms with van der Waals surface area (Å²) >= 11 is 3.50. The summed E-state index contributed by atoms with van der Waals surface area (Å²) in [5, 5.41) is 11.1. The average molecular weight is 530 g/mol. The number of halogens is 1. The van der Waals surface area contributed by atoms with Crippen LogP contribution in [0, 0.1) is 0 Å². The van der Waals surface area contributed by atoms with Gasteiger partial charge in [-0.2, -0.15) is 4.98 Å². The highest BCUT2D eigenvalue weighted by Gasteiger charge is 2.34. The maximum absolute atomic E-state index is 13.5. The fourth-order valence-corrected chi connectivity index (χ4v) is 4.37. The zero-order valence-electron chi connectivity index (χ0n) is 19.3. The molecule has 0 aliphatic carbocycles. The molecule has 2 N–H and O–H groups in total. The van der Waals surface area contributed by atoms with Crippen LogP contribution in [0.25, 0.3) is 11.4 Å². The molecule has 4 aromatic rings. The molecule has 0 spiro atoms. The third-order valence-electron chi connectivity index (χ3n) is 5.74. The molecule has 2 heterocycles. The smallest absolute Gasteiger partial charge is 0.255 e. The second-order valence-electron chi connectivity index (χ2n) is 8.10. The van der Waals surface area contributed by atoms with Crippen LogP contribution in [-0.4, -0.2) is 27.3 Å². The fourth-order valence-electron chi connectivity index (χ4n) is 4.11. The lowest BCUT2D eigenvalue weighted by atomic mass is 9.95. The molecular weight excluding hydrogens is 506 g/mol. The number of allylic oxidation sites excluding steroid dienone is 1. The quantitative estimate of drug-likeness (QED) is 0.318. The molecule has 0 radical (unpaired) electrons. The number of nitrogens with zero attached hydrogens (tertiary/aromatic N) is 3. The number of para-hydroxylation sites is 1. The van der Waals surface area contributed by atoms with E-state index in [2.05, 4.69) is 26.6 Å². The Hall–Kier alpha value is -3.91. The van der Waals surface area contributed by atoms with Crippen LogP contribution in [0.5, 0.6) is 5.75 Å². The summed E-state index contributed by atoms with van der Waals surface area (Å²) in [6.45, 7) is 4.45. The molecule has 0 saturated carbocycles. The highest BCUT2D eigenvalue weighted by molar-refractivity contribution is 9.10. The maximum atomic E-state index is 13.5. The minimum Gasteiger partial charge on any atom is -0.494 e. The summed E-state index contributed by atoms with van der Waals surface area (Å²) in [6, 6.07) is 24.6. The van der Waals surface area contributed by atoms with Crippen LogP contribution in [-0.2, 0) is 4.79 Å². The van der Waals surface area contributed by atoms with E-state index in [1.807, 2.05) is 92.7 Å². The van der Waals surface area contributed by atoms with Gasteiger partial charge in [-0.1, -0.05) is 46.3 Å². The predicted molar refractivity (Wildman–Crippen MR) is 140 cm³/mol. The number of aromatic nitrogens is 3. The van der Waals surface area contributed by atoms with Gasteiger partial charge in [-0.25, -0.2) is 4.68 Å². The topological polar surface area (TPSA) is 81.1 Å². The van der Waals surface area contributed by atoms with Crippen molar-refractivity contribution in [3.05, 3.63) is 100 Å². The molecule has 7 nitrogen and oxygen atoms in total. The van der Waals surface area contributed by atoms with Crippen LogP contribution in [0.3, 0.4) is 0 Å². The molecule has 8 heteroatoms. The number of carbonyl (C=O) groups excluding carboxylic acids is 1. The summed E-state index contributed by atoms with van der Waals surface area (Å²) < 4.78 is 8.29. The van der Waals surface area contributed by atoms with E-state index in [-0.39, 0.29) is 5.91 Å². The van der Waals surface area contributed by atoms with E-state index < -0.39 is 6.04 Å². The molecule has 5 rings (SSSR count). The lowest BCUT2D eigenvalue weighted by Crippen LogP contribution is -2.31. The van der Waals surface area contributed by atoms with Gasteiger partial charge in [0.25, 0.3) is 5.91 Å². The Labute approximate surface area is 212 Å². The van der Waals surface area contributed by atoms with Crippen molar-refractivity contribution in [2.24, 2.45) is 0 Å². The van der Waals surface area contributed by atoms with Crippen molar-refractivity contribution < 1.29 is 9.53 Å². The number of carbonyl (C=O) groups is 1. The Morgan fingerprint density at radius 1 is 1.06 bits per heavy atom. The first kappa shape index (κ1) is 22.9. The van der Waals surface area contributed by atoms with Crippen LogP contribution in [0.2, 0.25) is 0 Å². The zero-order valence-corrected chi connectivity index (χ0v) is 20.9. The van der Waals surface area contributed by atoms with E-state index in [4.69, 9.17) is 14.8 Å². The summed E-state index contributed by atoms with van der Waals surface area (Å²) in [5.41, 5.74) is 3.82. The van der Waals surface area contributed by atoms with Gasteiger partial charge < -0.3 is 15.4 Å². The third-order valence-corrected chi connectivity index (χ3v) is 6.27. The van der Waals surface area contributed by atoms with Crippen LogP contribution < -0.4 is 15.4 Å². The zero-order chi connectivity index (χ0) is 24.4. The van der Waals surface area contributed by atoms with Crippen molar-refractivity contribution in [1.82, 2.24) is 14.8 Å². The van der Waals surface area contributed by atoms with Crippen LogP contribution in [0.1, 0.15) is 25.5 Å². The Bertz CT molecular complexity index is 1380. The molecule has 0 fully saturated rings. The Kier molecular flexibility index (Phi) is 6.37. The number of anilines is 2. The Morgan fingerprint density at radius 3 is 2.46 bits per heavy atom. The fraction of sp³-hybridized carbons (Fsp3) is 0.148. The van der Waals surface area contributed by atoms with Gasteiger partial charge in [0.1, 0.15) is 11.8 Å². The van der Waals surface area contributed by atoms with Crippen molar-refractivity contribution in [3.63, 3.8) is 0 Å². The van der Waals surface area contributed by atoms with Crippen LogP contribution >= 0.6 is 15.9 Å². The molecule has 35 heavy (non-hydrogen) atoms. The monoisotopic (exact) mass is 529 g/mol. The number of fused-ring (bicyclic) bond motifs is 1. The molecule has 1 aromatic heterocycles. The highest BCUT2D eigenvalue weighted by atomic mass is 79.9. The standard InChI is InChI=1S/C27H24BrN5O2/c1-3-35-22-15-11-19(12-16-22)25-31-27-29-17(2)23(26(34)30-21-7-5-4-6-8-21)24(33(27)32-25)18-9-13-20(28)14-10-18/h4-16,24H,3H2,1-2H3,(H,30,34)(H,29,31,32). The average Bonchev–Trinajstić information content (AvgIpc) is 3.28. The van der Waals surface area contributed by atoms with Crippen molar-refractivity contribution in [2.45, 2.75) is 19.9 Å². The normalized spacial score (nSPS) is 14.8. The van der Waals surface area contributed by atoms with E-state index in [0.29, 0.717) is 24.0 Å². The molecule has 176 valence electrons. The first-order valence-corrected chi connectivity index (χ1v) is 12.1. The van der Waals surface area contributed by atoms with Gasteiger partial charge in [-0.3, -0.25) is 4.79 Å². The highest BCUT2D eigenvalue weighted by Crippen LogP contribution is 2.37. The van der Waals surface area contributed by atoms with Crippen LogP contribution in [0.4, 0.5) is 11.6 Å². The van der Waals surface area contributed by atoms with E-state index in [0.717, 1.165) is 32.7 Å². The number of benzene rings is 3. The molecule has 0 bridgehead atoms. The van der Waals surface area contributed by atoms with Gasteiger partial charge in [0.2, 0.25) is 5.95 Å². The molecule has 1 unspecified atom stereocenters. The predicted octanol–water partition coefficient (Wildman–Crippen LogP) is 6.03. The van der Waals surface area contributed by atoms with Crippen molar-refractivity contribution >= 4 is 33.5 Å². The second kappa shape index (κ2) is 9.76. The molecule has 1 aliphatic rings. The largest absolute Gasteiger partial charge is 0.494 e. The number of hydrogen-bond acceptors (Lipinski definition) is 5. The summed E-state index contributed by atoms with van der Waals surface area (Å²) in [5.74, 6) is 1.74. The van der Waals surface area contributed by atoms with E-state index in [1.165, 1.54) is 0 Å². The van der Waals surface area contributed by atoms with Gasteiger partial charge in [-0.05, 0) is 67.9 Å². The van der Waals surface area contributed by atoms with Crippen molar-refractivity contribution in [1.29, 1.82) is 0 Å². The van der Waals surface area contributed by atoms with Gasteiger partial charge >= 0.3 is 0 Å². The Morgan fingerprint density at radius 2 is 1.77 bits per heavy atom. The summed E-state index contributed by atoms with van der Waals surface area (Å²) in [4.78, 5) is 18.3.